The van der Waals surface area contributed by atoms with Crippen LogP contribution >= 0.6 is 23.1 Å². The highest BCUT2D eigenvalue weighted by atomic mass is 32.2. The molecular weight excluding hydrogens is 404 g/mol. The first kappa shape index (κ1) is 18.5. The number of amides is 1. The molecule has 1 amide bonds. The summed E-state index contributed by atoms with van der Waals surface area (Å²) in [6, 6.07) is 9.11. The fourth-order valence-corrected chi connectivity index (χ4v) is 4.00. The molecule has 0 saturated carbocycles. The first-order valence-electron chi connectivity index (χ1n) is 8.19. The van der Waals surface area contributed by atoms with Crippen LogP contribution in [0.5, 0.6) is 0 Å². The molecule has 1 aromatic carbocycles. The third-order valence-corrected chi connectivity index (χ3v) is 5.70. The molecule has 0 aliphatic heterocycles. The Morgan fingerprint density at radius 2 is 2.07 bits per heavy atom. The Bertz CT molecular complexity index is 1160. The molecule has 0 fully saturated rings. The van der Waals surface area contributed by atoms with Gasteiger partial charge in [-0.15, -0.1) is 21.5 Å². The Morgan fingerprint density at radius 3 is 2.89 bits per heavy atom. The number of hydrogen-bond donors (Lipinski definition) is 1. The number of nitrogens with one attached hydrogen (secondary N) is 1. The summed E-state index contributed by atoms with van der Waals surface area (Å²) in [5.74, 6) is -2.11. The van der Waals surface area contributed by atoms with Crippen molar-refractivity contribution < 1.29 is 13.6 Å². The number of rotatable bonds is 5. The molecule has 6 nitrogen and oxygen atoms in total. The minimum absolute atomic E-state index is 0.246. The number of fused-ring (bicyclic) bond motifs is 1. The maximum atomic E-state index is 13.4. The Balaban J connectivity index is 1.44. The van der Waals surface area contributed by atoms with Crippen LogP contribution in [0.15, 0.2) is 53.1 Å². The molecular formula is C18H13F2N5OS2. The van der Waals surface area contributed by atoms with E-state index in [1.807, 2.05) is 24.4 Å². The lowest BCUT2D eigenvalue weighted by Crippen LogP contribution is -2.22. The van der Waals surface area contributed by atoms with Crippen LogP contribution in [0.1, 0.15) is 6.92 Å². The monoisotopic (exact) mass is 417 g/mol. The second-order valence-electron chi connectivity index (χ2n) is 5.83. The van der Waals surface area contributed by atoms with Gasteiger partial charge in [0, 0.05) is 17.1 Å². The number of carbonyl (C=O) groups excluding carboxylic acids is 1. The van der Waals surface area contributed by atoms with Gasteiger partial charge in [0.15, 0.2) is 27.6 Å². The van der Waals surface area contributed by atoms with Crippen molar-refractivity contribution in [2.75, 3.05) is 5.32 Å². The highest BCUT2D eigenvalue weighted by Crippen LogP contribution is 2.27. The summed E-state index contributed by atoms with van der Waals surface area (Å²) in [6.07, 6.45) is 1.83. The van der Waals surface area contributed by atoms with Gasteiger partial charge in [-0.05, 0) is 37.3 Å². The van der Waals surface area contributed by atoms with E-state index in [1.165, 1.54) is 29.2 Å². The fraction of sp³-hybridized carbons (Fsp3) is 0.111. The smallest absolute Gasteiger partial charge is 0.239 e. The van der Waals surface area contributed by atoms with Crippen LogP contribution in [-0.2, 0) is 4.79 Å². The number of nitrogens with zero attached hydrogens (tertiary/aromatic N) is 4. The molecule has 3 aromatic heterocycles. The first-order chi connectivity index (χ1) is 13.5. The number of anilines is 1. The molecule has 0 unspecified atom stereocenters. The summed E-state index contributed by atoms with van der Waals surface area (Å²) in [7, 11) is 0. The molecule has 0 radical (unpaired) electrons. The lowest BCUT2D eigenvalue weighted by molar-refractivity contribution is -0.115. The van der Waals surface area contributed by atoms with Gasteiger partial charge >= 0.3 is 0 Å². The van der Waals surface area contributed by atoms with Crippen molar-refractivity contribution in [3.8, 4) is 11.3 Å². The summed E-state index contributed by atoms with van der Waals surface area (Å²) >= 11 is 2.49. The molecule has 3 heterocycles. The van der Waals surface area contributed by atoms with Gasteiger partial charge in [-0.2, -0.15) is 0 Å². The number of pyridine rings is 1. The molecule has 1 N–H and O–H groups in total. The Labute approximate surface area is 166 Å². The van der Waals surface area contributed by atoms with E-state index in [0.717, 1.165) is 12.1 Å². The predicted molar refractivity (Wildman–Crippen MR) is 104 cm³/mol. The zero-order valence-corrected chi connectivity index (χ0v) is 16.1. The van der Waals surface area contributed by atoms with Crippen molar-refractivity contribution >= 4 is 39.8 Å². The molecule has 10 heteroatoms. The molecule has 0 spiro atoms. The summed E-state index contributed by atoms with van der Waals surface area (Å²) in [4.78, 5) is 16.8. The molecule has 0 aliphatic carbocycles. The Hall–Kier alpha value is -2.85. The fourth-order valence-electron chi connectivity index (χ4n) is 2.44. The second kappa shape index (κ2) is 7.64. The minimum Gasteiger partial charge on any atom is -0.301 e. The zero-order valence-electron chi connectivity index (χ0n) is 14.5. The van der Waals surface area contributed by atoms with E-state index >= 15 is 0 Å². The molecule has 0 saturated heterocycles. The van der Waals surface area contributed by atoms with E-state index in [9.17, 15) is 13.6 Å². The summed E-state index contributed by atoms with van der Waals surface area (Å²) < 4.78 is 28.3. The highest BCUT2D eigenvalue weighted by molar-refractivity contribution is 8.00. The molecule has 142 valence electrons. The maximum Gasteiger partial charge on any atom is 0.239 e. The van der Waals surface area contributed by atoms with E-state index in [1.54, 1.807) is 16.7 Å². The van der Waals surface area contributed by atoms with Crippen LogP contribution in [0.3, 0.4) is 0 Å². The van der Waals surface area contributed by atoms with Crippen LogP contribution in [0.2, 0.25) is 0 Å². The van der Waals surface area contributed by atoms with Gasteiger partial charge in [-0.25, -0.2) is 13.8 Å². The number of thioether (sulfide) groups is 1. The van der Waals surface area contributed by atoms with Crippen molar-refractivity contribution in [3.05, 3.63) is 59.6 Å². The van der Waals surface area contributed by atoms with E-state index in [-0.39, 0.29) is 5.91 Å². The highest BCUT2D eigenvalue weighted by Gasteiger charge is 2.19. The van der Waals surface area contributed by atoms with Gasteiger partial charge in [0.05, 0.1) is 10.9 Å². The number of hydrogen-bond acceptors (Lipinski definition) is 6. The van der Waals surface area contributed by atoms with Gasteiger partial charge in [0.25, 0.3) is 0 Å². The maximum absolute atomic E-state index is 13.4. The van der Waals surface area contributed by atoms with Crippen molar-refractivity contribution in [1.82, 2.24) is 19.6 Å². The molecule has 0 aliphatic rings. The molecule has 1 atom stereocenters. The van der Waals surface area contributed by atoms with E-state index in [2.05, 4.69) is 20.5 Å². The topological polar surface area (TPSA) is 72.2 Å². The van der Waals surface area contributed by atoms with Crippen molar-refractivity contribution in [2.24, 2.45) is 0 Å². The predicted octanol–water partition coefficient (Wildman–Crippen LogP) is 4.25. The lowest BCUT2D eigenvalue weighted by atomic mass is 10.2. The van der Waals surface area contributed by atoms with Crippen molar-refractivity contribution in [1.29, 1.82) is 0 Å². The van der Waals surface area contributed by atoms with Crippen LogP contribution < -0.4 is 5.32 Å². The van der Waals surface area contributed by atoms with Crippen LogP contribution in [-0.4, -0.2) is 30.7 Å². The van der Waals surface area contributed by atoms with Crippen LogP contribution in [0.25, 0.3) is 16.9 Å². The SMILES string of the molecule is C[C@@H](Sc1nnc2ccccn12)C(=O)Nc1nc(-c2ccc(F)c(F)c2)cs1. The third kappa shape index (κ3) is 3.73. The molecule has 0 bridgehead atoms. The first-order valence-corrected chi connectivity index (χ1v) is 9.95. The van der Waals surface area contributed by atoms with E-state index in [4.69, 9.17) is 0 Å². The standard InChI is InChI=1S/C18H13F2N5OS2/c1-10(28-18-24-23-15-4-2-3-7-25(15)18)16(26)22-17-21-14(9-27-17)11-5-6-12(19)13(20)8-11/h2-10H,1H3,(H,21,22,26)/t10-/m1/s1. The van der Waals surface area contributed by atoms with Crippen molar-refractivity contribution in [3.63, 3.8) is 0 Å². The van der Waals surface area contributed by atoms with Gasteiger partial charge in [0.1, 0.15) is 0 Å². The van der Waals surface area contributed by atoms with Crippen LogP contribution in [0, 0.1) is 11.6 Å². The Morgan fingerprint density at radius 1 is 1.21 bits per heavy atom. The number of thiazole rings is 1. The summed E-state index contributed by atoms with van der Waals surface area (Å²) in [5, 5.41) is 13.1. The van der Waals surface area contributed by atoms with Gasteiger partial charge in [-0.1, -0.05) is 17.8 Å². The van der Waals surface area contributed by atoms with E-state index < -0.39 is 16.9 Å². The van der Waals surface area contributed by atoms with E-state index in [0.29, 0.717) is 27.2 Å². The average Bonchev–Trinajstić information content (AvgIpc) is 3.31. The number of aromatic nitrogens is 4. The normalized spacial score (nSPS) is 12.2. The zero-order chi connectivity index (χ0) is 19.7. The Kier molecular flexibility index (Phi) is 5.05. The third-order valence-electron chi connectivity index (χ3n) is 3.88. The van der Waals surface area contributed by atoms with Crippen molar-refractivity contribution in [2.45, 2.75) is 17.3 Å². The lowest BCUT2D eigenvalue weighted by Gasteiger charge is -2.09. The van der Waals surface area contributed by atoms with Crippen LogP contribution in [0.4, 0.5) is 13.9 Å². The number of halogens is 2. The van der Waals surface area contributed by atoms with Gasteiger partial charge < -0.3 is 5.32 Å². The molecule has 4 aromatic rings. The number of benzene rings is 1. The second-order valence-corrected chi connectivity index (χ2v) is 7.99. The van der Waals surface area contributed by atoms with Gasteiger partial charge in [0.2, 0.25) is 5.91 Å². The average molecular weight is 417 g/mol. The summed E-state index contributed by atoms with van der Waals surface area (Å²) in [5.41, 5.74) is 1.60. The minimum atomic E-state index is -0.943. The largest absolute Gasteiger partial charge is 0.301 e. The quantitative estimate of drug-likeness (QED) is 0.492. The molecule has 4 rings (SSSR count). The summed E-state index contributed by atoms with van der Waals surface area (Å²) in [6.45, 7) is 1.76. The molecule has 28 heavy (non-hydrogen) atoms. The number of carbonyl (C=O) groups is 1. The van der Waals surface area contributed by atoms with Gasteiger partial charge in [-0.3, -0.25) is 9.20 Å².